The number of fused-ring (bicyclic) bond motifs is 11. The molecule has 0 unspecified atom stereocenters. The van der Waals surface area contributed by atoms with Crippen molar-refractivity contribution in [3.8, 4) is 11.1 Å². The highest BCUT2D eigenvalue weighted by atomic mass is 28.2. The Bertz CT molecular complexity index is 3160. The highest BCUT2D eigenvalue weighted by Gasteiger charge is 2.50. The summed E-state index contributed by atoms with van der Waals surface area (Å²) in [6.45, 7) is 28.9. The van der Waals surface area contributed by atoms with E-state index in [9.17, 15) is 0 Å². The first-order chi connectivity index (χ1) is 30.2. The van der Waals surface area contributed by atoms with Gasteiger partial charge in [-0.3, -0.25) is 0 Å². The predicted octanol–water partition coefficient (Wildman–Crippen LogP) is 11.9. The molecule has 5 heteroatoms. The molecule has 5 aliphatic rings. The molecule has 0 bridgehead atoms. The van der Waals surface area contributed by atoms with Crippen LogP contribution in [0.1, 0.15) is 135 Å². The lowest BCUT2D eigenvalue weighted by molar-refractivity contribution is 0.332. The molecule has 6 aromatic carbocycles. The lowest BCUT2D eigenvalue weighted by atomic mass is 9.35. The Morgan fingerprint density at radius 3 is 1.81 bits per heavy atom. The minimum atomic E-state index is -0.770. The first kappa shape index (κ1) is 40.3. The second-order valence-corrected chi connectivity index (χ2v) is 25.8. The fourth-order valence-electron chi connectivity index (χ4n) is 12.7. The van der Waals surface area contributed by atoms with Gasteiger partial charge in [0.2, 0.25) is 0 Å². The van der Waals surface area contributed by atoms with Crippen LogP contribution in [0.5, 0.6) is 0 Å². The summed E-state index contributed by atoms with van der Waals surface area (Å²) in [4.78, 5) is 5.31. The molecule has 2 aliphatic carbocycles. The highest BCUT2D eigenvalue weighted by Crippen LogP contribution is 2.53. The van der Waals surface area contributed by atoms with E-state index in [2.05, 4.69) is 196 Å². The highest BCUT2D eigenvalue weighted by molar-refractivity contribution is 7.00. The Kier molecular flexibility index (Phi) is 8.16. The van der Waals surface area contributed by atoms with E-state index in [0.29, 0.717) is 0 Å². The van der Waals surface area contributed by atoms with Crippen LogP contribution >= 0.6 is 0 Å². The fourth-order valence-corrected chi connectivity index (χ4v) is 14.8. The van der Waals surface area contributed by atoms with E-state index in [1.54, 1.807) is 0 Å². The molecule has 12 rings (SSSR count). The van der Waals surface area contributed by atoms with Gasteiger partial charge in [0, 0.05) is 33.8 Å². The molecule has 0 saturated heterocycles. The van der Waals surface area contributed by atoms with Crippen LogP contribution < -0.4 is 36.8 Å². The van der Waals surface area contributed by atoms with Gasteiger partial charge in [0.05, 0.1) is 20.9 Å². The molecule has 7 aromatic rings. The third-order valence-corrected chi connectivity index (χ3v) is 18.9. The molecule has 1 aromatic heterocycles. The average Bonchev–Trinajstić information content (AvgIpc) is 3.82. The van der Waals surface area contributed by atoms with Gasteiger partial charge in [0.15, 0.2) is 0 Å². The topological polar surface area (TPSA) is 19.6 Å². The number of hydrogen-bond acceptors (Lipinski definition) is 3. The molecule has 0 amide bonds. The number of aryl methyl sites for hydroxylation is 1. The monoisotopic (exact) mass is 854 g/mol. The lowest BCUT2D eigenvalue weighted by Crippen LogP contribution is -2.61. The zero-order valence-corrected chi connectivity index (χ0v) is 41.6. The van der Waals surface area contributed by atoms with Crippen molar-refractivity contribution in [1.29, 1.82) is 0 Å². The zero-order chi connectivity index (χ0) is 44.6. The van der Waals surface area contributed by atoms with Crippen molar-refractivity contribution in [2.24, 2.45) is 0 Å². The molecule has 4 heterocycles. The van der Waals surface area contributed by atoms with E-state index in [1.165, 1.54) is 131 Å². The Balaban J connectivity index is 1.21. The van der Waals surface area contributed by atoms with E-state index in [0.717, 1.165) is 11.2 Å². The number of rotatable bonds is 2. The molecule has 0 radical (unpaired) electrons. The standard InChI is InChI=1S/C59H63BN2OSi/c1-34-28-47-51-48(29-34)62(45-18-15-17-38-37-16-13-14-19-50(37)64-53(38)45)52-39-30-40-43(59(11,12)27-24-56(40,5)6)33-49(39)63-54(52)60(51)44-31-41-42(58(9,10)26-25-57(41,7)8)32-46(44)61(47)36-22-20-35(21-23-36)55(2,3)4/h13-23,28-33H,24-27,64H2,1-12H3. The van der Waals surface area contributed by atoms with Crippen molar-refractivity contribution in [2.45, 2.75) is 136 Å². The summed E-state index contributed by atoms with van der Waals surface area (Å²) >= 11 is 0. The molecule has 3 aliphatic heterocycles. The van der Waals surface area contributed by atoms with Crippen molar-refractivity contribution < 1.29 is 4.42 Å². The molecular formula is C59H63BN2OSi. The molecular weight excluding hydrogens is 792 g/mol. The van der Waals surface area contributed by atoms with Crippen LogP contribution in [-0.4, -0.2) is 16.2 Å². The van der Waals surface area contributed by atoms with Crippen molar-refractivity contribution in [1.82, 2.24) is 0 Å². The number of furan rings is 1. The van der Waals surface area contributed by atoms with Crippen LogP contribution in [0, 0.1) is 6.92 Å². The smallest absolute Gasteiger partial charge is 0.297 e. The van der Waals surface area contributed by atoms with E-state index < -0.39 is 9.52 Å². The molecule has 0 fully saturated rings. The van der Waals surface area contributed by atoms with Gasteiger partial charge in [-0.15, -0.1) is 0 Å². The summed E-state index contributed by atoms with van der Waals surface area (Å²) in [6, 6.07) is 41.0. The van der Waals surface area contributed by atoms with E-state index >= 15 is 0 Å². The number of nitrogens with zero attached hydrogens (tertiary/aromatic N) is 2. The Morgan fingerprint density at radius 2 is 1.16 bits per heavy atom. The summed E-state index contributed by atoms with van der Waals surface area (Å²) < 4.78 is 7.67. The average molecular weight is 855 g/mol. The van der Waals surface area contributed by atoms with Crippen LogP contribution in [0.3, 0.4) is 0 Å². The lowest BCUT2D eigenvalue weighted by Gasteiger charge is -2.46. The van der Waals surface area contributed by atoms with Crippen molar-refractivity contribution >= 4 is 88.3 Å². The van der Waals surface area contributed by atoms with Crippen LogP contribution in [-0.2, 0) is 27.1 Å². The second-order valence-electron chi connectivity index (χ2n) is 24.0. The van der Waals surface area contributed by atoms with Gasteiger partial charge in [-0.1, -0.05) is 136 Å². The number of hydrogen-bond donors (Lipinski definition) is 0. The Morgan fingerprint density at radius 1 is 0.578 bits per heavy atom. The van der Waals surface area contributed by atoms with E-state index in [-0.39, 0.29) is 33.8 Å². The molecule has 0 saturated carbocycles. The molecule has 0 N–H and O–H groups in total. The number of anilines is 6. The third-order valence-electron chi connectivity index (χ3n) is 16.8. The summed E-state index contributed by atoms with van der Waals surface area (Å²) in [5.74, 6) is 0. The van der Waals surface area contributed by atoms with Crippen LogP contribution in [0.15, 0.2) is 108 Å². The fraction of sp³-hybridized carbons (Fsp3) is 0.356. The first-order valence-electron chi connectivity index (χ1n) is 24.1. The van der Waals surface area contributed by atoms with Crippen molar-refractivity contribution in [3.63, 3.8) is 0 Å². The summed E-state index contributed by atoms with van der Waals surface area (Å²) in [6.07, 6.45) is 4.68. The minimum Gasteiger partial charge on any atom is -0.468 e. The van der Waals surface area contributed by atoms with Gasteiger partial charge in [-0.05, 0) is 169 Å². The summed E-state index contributed by atoms with van der Waals surface area (Å²) in [5.41, 5.74) is 24.0. The molecule has 0 spiro atoms. The molecule has 0 atom stereocenters. The second kappa shape index (κ2) is 13.0. The largest absolute Gasteiger partial charge is 0.468 e. The quantitative estimate of drug-likeness (QED) is 0.162. The van der Waals surface area contributed by atoms with Crippen LogP contribution in [0.25, 0.3) is 22.1 Å². The Labute approximate surface area is 384 Å². The van der Waals surface area contributed by atoms with Gasteiger partial charge < -0.3 is 14.2 Å². The maximum Gasteiger partial charge on any atom is 0.297 e. The van der Waals surface area contributed by atoms with E-state index in [4.69, 9.17) is 4.42 Å². The zero-order valence-electron chi connectivity index (χ0n) is 40.2. The number of benzene rings is 6. The SMILES string of the molecule is Cc1cc2c3c(c1)N(c1cccc4c1[SiH2]c1ccccc1-4)c1c(oc4cc5c(cc14)C(C)(C)CCC5(C)C)B3c1cc3c(cc1N2c1ccc(C(C)(C)C)cc1)C(C)(C)CCC3(C)C. The third kappa shape index (κ3) is 5.58. The van der Waals surface area contributed by atoms with Crippen LogP contribution in [0.4, 0.5) is 34.1 Å². The van der Waals surface area contributed by atoms with Crippen molar-refractivity contribution in [2.75, 3.05) is 9.80 Å². The van der Waals surface area contributed by atoms with Gasteiger partial charge in [0.1, 0.15) is 5.58 Å². The Hall–Kier alpha value is -5.26. The molecule has 64 heavy (non-hydrogen) atoms. The maximum absolute atomic E-state index is 7.67. The minimum absolute atomic E-state index is 0.0489. The normalized spacial score (nSPS) is 19.4. The molecule has 322 valence electrons. The van der Waals surface area contributed by atoms with Gasteiger partial charge in [0.25, 0.3) is 6.71 Å². The van der Waals surface area contributed by atoms with E-state index in [1.807, 2.05) is 0 Å². The van der Waals surface area contributed by atoms with Gasteiger partial charge in [-0.2, -0.15) is 0 Å². The van der Waals surface area contributed by atoms with Crippen molar-refractivity contribution in [3.05, 3.63) is 137 Å². The summed E-state index contributed by atoms with van der Waals surface area (Å²) in [7, 11) is -0.770. The van der Waals surface area contributed by atoms with Crippen LogP contribution in [0.2, 0.25) is 0 Å². The molecule has 3 nitrogen and oxygen atoms in total. The first-order valence-corrected chi connectivity index (χ1v) is 25.5. The predicted molar refractivity (Wildman–Crippen MR) is 277 cm³/mol. The summed E-state index contributed by atoms with van der Waals surface area (Å²) in [5, 5.41) is 4.31. The van der Waals surface area contributed by atoms with Gasteiger partial charge in [-0.25, -0.2) is 0 Å². The van der Waals surface area contributed by atoms with Gasteiger partial charge >= 0.3 is 0 Å². The maximum atomic E-state index is 7.67.